The van der Waals surface area contributed by atoms with Gasteiger partial charge in [-0.25, -0.2) is 0 Å². The van der Waals surface area contributed by atoms with E-state index in [9.17, 15) is 0 Å². The van der Waals surface area contributed by atoms with E-state index >= 15 is 0 Å². The number of hydrogen-bond acceptors (Lipinski definition) is 4. The molecule has 0 aliphatic carbocycles. The minimum absolute atomic E-state index is 0.0795. The number of aromatic nitrogens is 4. The monoisotopic (exact) mass is 183 g/mol. The average molecular weight is 183 g/mol. The van der Waals surface area contributed by atoms with Crippen LogP contribution in [0, 0.1) is 0 Å². The van der Waals surface area contributed by atoms with E-state index in [1.165, 1.54) is 4.80 Å². The second-order valence-electron chi connectivity index (χ2n) is 2.46. The lowest BCUT2D eigenvalue weighted by Crippen LogP contribution is -2.23. The van der Waals surface area contributed by atoms with Crippen molar-refractivity contribution in [1.82, 2.24) is 20.2 Å². The Morgan fingerprint density at radius 3 is 2.85 bits per heavy atom. The Kier molecular flexibility index (Phi) is 3.18. The van der Waals surface area contributed by atoms with Gasteiger partial charge in [-0.2, -0.15) is 4.80 Å². The lowest BCUT2D eigenvalue weighted by molar-refractivity contribution is 0.529. The van der Waals surface area contributed by atoms with E-state index in [0.717, 1.165) is 12.2 Å². The molecular weight excluding hydrogens is 170 g/mol. The van der Waals surface area contributed by atoms with Gasteiger partial charge in [-0.3, -0.25) is 4.99 Å². The fourth-order valence-corrected chi connectivity index (χ4v) is 0.781. The van der Waals surface area contributed by atoms with E-state index in [4.69, 9.17) is 11.5 Å². The second-order valence-corrected chi connectivity index (χ2v) is 2.46. The van der Waals surface area contributed by atoms with Gasteiger partial charge < -0.3 is 11.5 Å². The Morgan fingerprint density at radius 1 is 1.54 bits per heavy atom. The van der Waals surface area contributed by atoms with Gasteiger partial charge in [-0.1, -0.05) is 6.92 Å². The summed E-state index contributed by atoms with van der Waals surface area (Å²) in [5.41, 5.74) is 10.3. The molecule has 7 heteroatoms. The molecule has 13 heavy (non-hydrogen) atoms. The molecule has 7 nitrogen and oxygen atoms in total. The molecule has 72 valence electrons. The average Bonchev–Trinajstić information content (AvgIpc) is 2.52. The number of nitrogens with two attached hydrogens (primary N) is 2. The zero-order valence-corrected chi connectivity index (χ0v) is 7.51. The van der Waals surface area contributed by atoms with Crippen LogP contribution in [0.4, 0.5) is 0 Å². The fourth-order valence-electron chi connectivity index (χ4n) is 0.781. The normalized spacial score (nSPS) is 9.92. The molecule has 0 spiro atoms. The molecule has 0 aliphatic heterocycles. The third kappa shape index (κ3) is 3.06. The van der Waals surface area contributed by atoms with Crippen molar-refractivity contribution in [3.63, 3.8) is 0 Å². The molecule has 4 N–H and O–H groups in total. The molecule has 0 unspecified atom stereocenters. The van der Waals surface area contributed by atoms with E-state index in [-0.39, 0.29) is 5.96 Å². The molecule has 1 heterocycles. The summed E-state index contributed by atoms with van der Waals surface area (Å²) in [6, 6.07) is 0. The van der Waals surface area contributed by atoms with Gasteiger partial charge in [0.15, 0.2) is 11.8 Å². The number of nitrogens with zero attached hydrogens (tertiary/aromatic N) is 5. The third-order valence-electron chi connectivity index (χ3n) is 1.40. The maximum absolute atomic E-state index is 5.15. The van der Waals surface area contributed by atoms with Gasteiger partial charge in [0.1, 0.15) is 0 Å². The van der Waals surface area contributed by atoms with Crippen molar-refractivity contribution in [3.05, 3.63) is 5.82 Å². The summed E-state index contributed by atoms with van der Waals surface area (Å²) in [5.74, 6) is 0.806. The molecule has 0 radical (unpaired) electrons. The number of aryl methyl sites for hydroxylation is 1. The molecule has 1 aromatic heterocycles. The summed E-state index contributed by atoms with van der Waals surface area (Å²) in [7, 11) is 0. The van der Waals surface area contributed by atoms with Crippen molar-refractivity contribution in [2.75, 3.05) is 6.54 Å². The molecule has 0 aliphatic rings. The SMILES string of the molecule is CCc1nnn(CCN=C(N)N)n1. The molecule has 1 aromatic rings. The Morgan fingerprint density at radius 2 is 2.31 bits per heavy atom. The van der Waals surface area contributed by atoms with E-state index in [2.05, 4.69) is 20.4 Å². The van der Waals surface area contributed by atoms with Crippen LogP contribution in [0.1, 0.15) is 12.7 Å². The smallest absolute Gasteiger partial charge is 0.185 e. The van der Waals surface area contributed by atoms with Crippen LogP contribution in [0.2, 0.25) is 0 Å². The predicted molar refractivity (Wildman–Crippen MR) is 47.9 cm³/mol. The Balaban J connectivity index is 2.41. The standard InChI is InChI=1S/C6H13N7/c1-2-5-10-12-13(11-5)4-3-9-6(7)8/h2-4H2,1H3,(H4,7,8,9). The molecule has 0 aromatic carbocycles. The maximum atomic E-state index is 5.15. The number of hydrogen-bond donors (Lipinski definition) is 2. The van der Waals surface area contributed by atoms with Gasteiger partial charge in [-0.15, -0.1) is 10.2 Å². The van der Waals surface area contributed by atoms with Gasteiger partial charge in [0.25, 0.3) is 0 Å². The van der Waals surface area contributed by atoms with Crippen molar-refractivity contribution < 1.29 is 0 Å². The Hall–Kier alpha value is -1.66. The van der Waals surface area contributed by atoms with Gasteiger partial charge >= 0.3 is 0 Å². The van der Waals surface area contributed by atoms with Crippen LogP contribution in [0.25, 0.3) is 0 Å². The van der Waals surface area contributed by atoms with Gasteiger partial charge in [0, 0.05) is 6.42 Å². The molecule has 0 atom stereocenters. The summed E-state index contributed by atoms with van der Waals surface area (Å²) in [5, 5.41) is 11.7. The molecule has 0 fully saturated rings. The lowest BCUT2D eigenvalue weighted by atomic mass is 10.5. The van der Waals surface area contributed by atoms with Crippen LogP contribution in [0.15, 0.2) is 4.99 Å². The largest absolute Gasteiger partial charge is 0.370 e. The second kappa shape index (κ2) is 4.39. The first kappa shape index (κ1) is 9.43. The summed E-state index contributed by atoms with van der Waals surface area (Å²) < 4.78 is 0. The highest BCUT2D eigenvalue weighted by molar-refractivity contribution is 5.75. The van der Waals surface area contributed by atoms with Crippen LogP contribution >= 0.6 is 0 Å². The number of tetrazole rings is 1. The van der Waals surface area contributed by atoms with E-state index in [0.29, 0.717) is 13.1 Å². The molecular formula is C6H13N7. The van der Waals surface area contributed by atoms with Crippen molar-refractivity contribution in [3.8, 4) is 0 Å². The molecule has 0 saturated carbocycles. The quantitative estimate of drug-likeness (QED) is 0.436. The Labute approximate surface area is 75.8 Å². The third-order valence-corrected chi connectivity index (χ3v) is 1.40. The van der Waals surface area contributed by atoms with Crippen molar-refractivity contribution in [1.29, 1.82) is 0 Å². The van der Waals surface area contributed by atoms with E-state index in [1.54, 1.807) is 0 Å². The van der Waals surface area contributed by atoms with Crippen LogP contribution < -0.4 is 11.5 Å². The topological polar surface area (TPSA) is 108 Å². The highest BCUT2D eigenvalue weighted by Gasteiger charge is 1.98. The first-order valence-electron chi connectivity index (χ1n) is 4.04. The van der Waals surface area contributed by atoms with Gasteiger partial charge in [0.2, 0.25) is 0 Å². The zero-order chi connectivity index (χ0) is 9.68. The van der Waals surface area contributed by atoms with Crippen LogP contribution in [0.3, 0.4) is 0 Å². The lowest BCUT2D eigenvalue weighted by Gasteiger charge is -1.93. The zero-order valence-electron chi connectivity index (χ0n) is 7.51. The highest BCUT2D eigenvalue weighted by atomic mass is 15.6. The molecule has 0 amide bonds. The molecule has 0 saturated heterocycles. The first-order valence-corrected chi connectivity index (χ1v) is 4.04. The van der Waals surface area contributed by atoms with Crippen molar-refractivity contribution >= 4 is 5.96 Å². The summed E-state index contributed by atoms with van der Waals surface area (Å²) in [6.45, 7) is 2.99. The summed E-state index contributed by atoms with van der Waals surface area (Å²) in [4.78, 5) is 5.28. The van der Waals surface area contributed by atoms with Gasteiger partial charge in [0.05, 0.1) is 13.1 Å². The van der Waals surface area contributed by atoms with Crippen molar-refractivity contribution in [2.45, 2.75) is 19.9 Å². The minimum atomic E-state index is 0.0795. The molecule has 0 bridgehead atoms. The van der Waals surface area contributed by atoms with Crippen LogP contribution in [0.5, 0.6) is 0 Å². The number of aliphatic imine (C=N–C) groups is 1. The van der Waals surface area contributed by atoms with Crippen LogP contribution in [-0.2, 0) is 13.0 Å². The van der Waals surface area contributed by atoms with Crippen molar-refractivity contribution in [2.24, 2.45) is 16.5 Å². The van der Waals surface area contributed by atoms with E-state index < -0.39 is 0 Å². The van der Waals surface area contributed by atoms with Gasteiger partial charge in [-0.05, 0) is 5.21 Å². The number of guanidine groups is 1. The number of rotatable bonds is 4. The summed E-state index contributed by atoms with van der Waals surface area (Å²) >= 11 is 0. The fraction of sp³-hybridized carbons (Fsp3) is 0.667. The summed E-state index contributed by atoms with van der Waals surface area (Å²) in [6.07, 6.45) is 0.780. The van der Waals surface area contributed by atoms with Crippen LogP contribution in [-0.4, -0.2) is 32.7 Å². The highest BCUT2D eigenvalue weighted by Crippen LogP contribution is 1.86. The molecule has 1 rings (SSSR count). The predicted octanol–water partition coefficient (Wildman–Crippen LogP) is -1.49. The minimum Gasteiger partial charge on any atom is -0.370 e. The Bertz CT molecular complexity index is 285. The van der Waals surface area contributed by atoms with E-state index in [1.807, 2.05) is 6.92 Å². The first-order chi connectivity index (χ1) is 6.22. The maximum Gasteiger partial charge on any atom is 0.185 e.